The molecule has 1 fully saturated rings. The predicted octanol–water partition coefficient (Wildman–Crippen LogP) is 3.18. The lowest BCUT2D eigenvalue weighted by Gasteiger charge is -2.19. The number of nitrogens with zero attached hydrogens (tertiary/aromatic N) is 1. The first kappa shape index (κ1) is 14.1. The third kappa shape index (κ3) is 4.09. The van der Waals surface area contributed by atoms with Gasteiger partial charge in [-0.3, -0.25) is 4.90 Å². The van der Waals surface area contributed by atoms with Crippen LogP contribution >= 0.6 is 0 Å². The maximum absolute atomic E-state index is 13.6. The molecule has 1 saturated heterocycles. The number of anilines is 1. The number of alkyl halides is 3. The zero-order chi connectivity index (χ0) is 14.0. The second kappa shape index (κ2) is 5.36. The zero-order valence-electron chi connectivity index (χ0n) is 10.6. The van der Waals surface area contributed by atoms with Crippen molar-refractivity contribution in [3.8, 4) is 0 Å². The van der Waals surface area contributed by atoms with Crippen LogP contribution < -0.4 is 5.32 Å². The van der Waals surface area contributed by atoms with E-state index in [2.05, 4.69) is 5.32 Å². The number of halogens is 4. The smallest absolute Gasteiger partial charge is 0.379 e. The highest BCUT2D eigenvalue weighted by Crippen LogP contribution is 2.23. The van der Waals surface area contributed by atoms with E-state index in [1.54, 1.807) is 19.1 Å². The third-order valence-corrected chi connectivity index (χ3v) is 3.16. The maximum Gasteiger partial charge on any atom is 0.401 e. The van der Waals surface area contributed by atoms with Crippen molar-refractivity contribution in [3.05, 3.63) is 29.6 Å². The summed E-state index contributed by atoms with van der Waals surface area (Å²) in [5.74, 6) is -0.366. The predicted molar refractivity (Wildman–Crippen MR) is 65.7 cm³/mol. The molecule has 1 N–H and O–H groups in total. The highest BCUT2D eigenvalue weighted by atomic mass is 19.4. The molecule has 0 aliphatic carbocycles. The number of rotatable bonds is 3. The van der Waals surface area contributed by atoms with Gasteiger partial charge < -0.3 is 5.32 Å². The molecule has 1 aliphatic rings. The van der Waals surface area contributed by atoms with E-state index in [9.17, 15) is 17.6 Å². The fourth-order valence-electron chi connectivity index (χ4n) is 2.30. The summed E-state index contributed by atoms with van der Waals surface area (Å²) in [6.45, 7) is 1.55. The van der Waals surface area contributed by atoms with Crippen molar-refractivity contribution in [3.63, 3.8) is 0 Å². The minimum atomic E-state index is -4.18. The van der Waals surface area contributed by atoms with Gasteiger partial charge in [-0.2, -0.15) is 13.2 Å². The highest BCUT2D eigenvalue weighted by Gasteiger charge is 2.34. The Balaban J connectivity index is 1.91. The van der Waals surface area contributed by atoms with Crippen molar-refractivity contribution in [1.29, 1.82) is 0 Å². The van der Waals surface area contributed by atoms with Crippen molar-refractivity contribution in [2.24, 2.45) is 0 Å². The van der Waals surface area contributed by atoms with Crippen molar-refractivity contribution >= 4 is 5.69 Å². The van der Waals surface area contributed by atoms with Gasteiger partial charge in [0.2, 0.25) is 0 Å². The largest absolute Gasteiger partial charge is 0.401 e. The van der Waals surface area contributed by atoms with Crippen LogP contribution in [0.5, 0.6) is 0 Å². The second-order valence-corrected chi connectivity index (χ2v) is 4.96. The first-order chi connectivity index (χ1) is 8.83. The lowest BCUT2D eigenvalue weighted by Crippen LogP contribution is -2.34. The summed E-state index contributed by atoms with van der Waals surface area (Å²) < 4.78 is 50.4. The first-order valence-electron chi connectivity index (χ1n) is 6.15. The molecule has 1 heterocycles. The van der Waals surface area contributed by atoms with Crippen molar-refractivity contribution in [1.82, 2.24) is 4.90 Å². The molecule has 1 aromatic carbocycles. The number of benzene rings is 1. The molecule has 1 aromatic rings. The van der Waals surface area contributed by atoms with Gasteiger partial charge >= 0.3 is 6.18 Å². The standard InChI is InChI=1S/C13H16F4N2/c1-9-2-3-12(11(14)6-9)18-10-4-5-19(7-10)8-13(15,16)17/h2-3,6,10,18H,4-5,7-8H2,1H3/t10-/m0/s1. The average molecular weight is 276 g/mol. The van der Waals surface area contributed by atoms with Crippen LogP contribution in [0.1, 0.15) is 12.0 Å². The van der Waals surface area contributed by atoms with Crippen LogP contribution in [0.3, 0.4) is 0 Å². The average Bonchev–Trinajstić information content (AvgIpc) is 2.67. The Labute approximate surface area is 109 Å². The van der Waals surface area contributed by atoms with Crippen molar-refractivity contribution in [2.75, 3.05) is 25.0 Å². The van der Waals surface area contributed by atoms with Crippen LogP contribution in [-0.4, -0.2) is 36.8 Å². The molecule has 0 amide bonds. The lowest BCUT2D eigenvalue weighted by atomic mass is 10.2. The minimum absolute atomic E-state index is 0.139. The number of hydrogen-bond donors (Lipinski definition) is 1. The summed E-state index contributed by atoms with van der Waals surface area (Å²) in [6.07, 6.45) is -3.59. The SMILES string of the molecule is Cc1ccc(N[C@H]2CCN(CC(F)(F)F)C2)c(F)c1. The molecule has 0 radical (unpaired) electrons. The molecular weight excluding hydrogens is 260 g/mol. The Morgan fingerprint density at radius 3 is 2.74 bits per heavy atom. The number of nitrogens with one attached hydrogen (secondary N) is 1. The quantitative estimate of drug-likeness (QED) is 0.853. The third-order valence-electron chi connectivity index (χ3n) is 3.16. The Hall–Kier alpha value is -1.30. The number of aryl methyl sites for hydroxylation is 1. The van der Waals surface area contributed by atoms with Crippen LogP contribution in [-0.2, 0) is 0 Å². The van der Waals surface area contributed by atoms with Gasteiger partial charge in [-0.25, -0.2) is 4.39 Å². The van der Waals surface area contributed by atoms with Gasteiger partial charge in [0.25, 0.3) is 0 Å². The normalized spacial score (nSPS) is 20.8. The molecule has 19 heavy (non-hydrogen) atoms. The molecule has 0 aromatic heterocycles. The van der Waals surface area contributed by atoms with Crippen LogP contribution in [0.25, 0.3) is 0 Å². The summed E-state index contributed by atoms with van der Waals surface area (Å²) in [5, 5.41) is 2.97. The fourth-order valence-corrected chi connectivity index (χ4v) is 2.30. The van der Waals surface area contributed by atoms with Gasteiger partial charge in [0, 0.05) is 19.1 Å². The van der Waals surface area contributed by atoms with Gasteiger partial charge in [-0.15, -0.1) is 0 Å². The summed E-state index contributed by atoms with van der Waals surface area (Å²) in [4.78, 5) is 1.34. The summed E-state index contributed by atoms with van der Waals surface area (Å²) in [5.41, 5.74) is 1.16. The Morgan fingerprint density at radius 2 is 2.11 bits per heavy atom. The van der Waals surface area contributed by atoms with Crippen LogP contribution in [0.4, 0.5) is 23.2 Å². The summed E-state index contributed by atoms with van der Waals surface area (Å²) in [6, 6.07) is 4.66. The lowest BCUT2D eigenvalue weighted by molar-refractivity contribution is -0.143. The van der Waals surface area contributed by atoms with E-state index in [1.165, 1.54) is 11.0 Å². The van der Waals surface area contributed by atoms with E-state index in [-0.39, 0.29) is 18.4 Å². The molecule has 0 bridgehead atoms. The maximum atomic E-state index is 13.6. The molecule has 0 spiro atoms. The van der Waals surface area contributed by atoms with Gasteiger partial charge in [0.1, 0.15) is 5.82 Å². The van der Waals surface area contributed by atoms with E-state index >= 15 is 0 Å². The van der Waals surface area contributed by atoms with Gasteiger partial charge in [-0.05, 0) is 31.0 Å². The molecule has 0 unspecified atom stereocenters. The number of likely N-dealkylation sites (tertiary alicyclic amines) is 1. The van der Waals surface area contributed by atoms with Gasteiger partial charge in [-0.1, -0.05) is 6.07 Å². The topological polar surface area (TPSA) is 15.3 Å². The van der Waals surface area contributed by atoms with E-state index in [4.69, 9.17) is 0 Å². The van der Waals surface area contributed by atoms with Crippen molar-refractivity contribution in [2.45, 2.75) is 25.6 Å². The molecule has 106 valence electrons. The summed E-state index contributed by atoms with van der Waals surface area (Å²) >= 11 is 0. The van der Waals surface area contributed by atoms with Crippen LogP contribution in [0, 0.1) is 12.7 Å². The number of hydrogen-bond acceptors (Lipinski definition) is 2. The molecule has 2 rings (SSSR count). The molecular formula is C13H16F4N2. The molecule has 1 atom stereocenters. The van der Waals surface area contributed by atoms with Gasteiger partial charge in [0.15, 0.2) is 0 Å². The highest BCUT2D eigenvalue weighted by molar-refractivity contribution is 5.47. The molecule has 2 nitrogen and oxygen atoms in total. The van der Waals surface area contributed by atoms with Crippen LogP contribution in [0.2, 0.25) is 0 Å². The Morgan fingerprint density at radius 1 is 1.37 bits per heavy atom. The van der Waals surface area contributed by atoms with E-state index < -0.39 is 12.7 Å². The Kier molecular flexibility index (Phi) is 3.99. The second-order valence-electron chi connectivity index (χ2n) is 4.96. The first-order valence-corrected chi connectivity index (χ1v) is 6.15. The minimum Gasteiger partial charge on any atom is -0.379 e. The fraction of sp³-hybridized carbons (Fsp3) is 0.538. The monoisotopic (exact) mass is 276 g/mol. The van der Waals surface area contributed by atoms with Crippen molar-refractivity contribution < 1.29 is 17.6 Å². The van der Waals surface area contributed by atoms with E-state index in [0.717, 1.165) is 5.56 Å². The van der Waals surface area contributed by atoms with Gasteiger partial charge in [0.05, 0.1) is 12.2 Å². The van der Waals surface area contributed by atoms with E-state index in [1.807, 2.05) is 0 Å². The zero-order valence-corrected chi connectivity index (χ0v) is 10.6. The summed E-state index contributed by atoms with van der Waals surface area (Å²) in [7, 11) is 0. The molecule has 6 heteroatoms. The van der Waals surface area contributed by atoms with E-state index in [0.29, 0.717) is 18.7 Å². The Bertz CT molecular complexity index is 445. The van der Waals surface area contributed by atoms with Crippen LogP contribution in [0.15, 0.2) is 18.2 Å². The molecule has 1 aliphatic heterocycles. The molecule has 0 saturated carbocycles.